The molecule has 0 saturated heterocycles. The van der Waals surface area contributed by atoms with Crippen LogP contribution in [-0.2, 0) is 9.59 Å². The molecule has 0 aromatic carbocycles. The van der Waals surface area contributed by atoms with Crippen molar-refractivity contribution in [2.24, 2.45) is 16.9 Å². The van der Waals surface area contributed by atoms with Gasteiger partial charge in [0.25, 0.3) is 0 Å². The van der Waals surface area contributed by atoms with E-state index in [1.165, 1.54) is 6.42 Å². The Balaban J connectivity index is 2.40. The van der Waals surface area contributed by atoms with Crippen LogP contribution in [0.2, 0.25) is 0 Å². The zero-order valence-corrected chi connectivity index (χ0v) is 10.7. The number of amides is 2. The van der Waals surface area contributed by atoms with Crippen molar-refractivity contribution in [1.82, 2.24) is 5.32 Å². The predicted octanol–water partition coefficient (Wildman–Crippen LogP) is -0.752. The third-order valence-corrected chi connectivity index (χ3v) is 3.70. The van der Waals surface area contributed by atoms with Crippen molar-refractivity contribution in [1.29, 1.82) is 0 Å². The molecule has 6 nitrogen and oxygen atoms in total. The van der Waals surface area contributed by atoms with Crippen molar-refractivity contribution in [2.75, 3.05) is 13.1 Å². The van der Waals surface area contributed by atoms with Crippen molar-refractivity contribution < 1.29 is 14.7 Å². The molecule has 1 aliphatic carbocycles. The molecule has 0 spiro atoms. The highest BCUT2D eigenvalue weighted by Crippen LogP contribution is 2.38. The van der Waals surface area contributed by atoms with Crippen molar-refractivity contribution in [3.8, 4) is 0 Å². The number of rotatable bonds is 6. The monoisotopic (exact) mass is 257 g/mol. The van der Waals surface area contributed by atoms with Gasteiger partial charge in [-0.1, -0.05) is 19.3 Å². The molecule has 1 unspecified atom stereocenters. The summed E-state index contributed by atoms with van der Waals surface area (Å²) in [7, 11) is 0. The lowest BCUT2D eigenvalue weighted by molar-refractivity contribution is -0.127. The van der Waals surface area contributed by atoms with Crippen LogP contribution in [0.1, 0.15) is 38.5 Å². The van der Waals surface area contributed by atoms with Crippen LogP contribution in [0.4, 0.5) is 0 Å². The fraction of sp³-hybridized carbons (Fsp3) is 0.833. The standard InChI is InChI=1S/C12H23N3O3/c13-8-12(4-2-1-3-5-12)6-10(17)15-7-9(16)11(14)18/h9,16H,1-8,13H2,(H2,14,18)(H,15,17). The number of hydrogen-bond donors (Lipinski definition) is 4. The Hall–Kier alpha value is -1.14. The molecule has 2 amide bonds. The zero-order chi connectivity index (χ0) is 13.6. The van der Waals surface area contributed by atoms with Gasteiger partial charge in [-0.2, -0.15) is 0 Å². The van der Waals surface area contributed by atoms with Gasteiger partial charge >= 0.3 is 0 Å². The highest BCUT2D eigenvalue weighted by Gasteiger charge is 2.33. The highest BCUT2D eigenvalue weighted by molar-refractivity contribution is 5.81. The fourth-order valence-corrected chi connectivity index (χ4v) is 2.47. The van der Waals surface area contributed by atoms with Gasteiger partial charge in [0.2, 0.25) is 11.8 Å². The van der Waals surface area contributed by atoms with E-state index >= 15 is 0 Å². The van der Waals surface area contributed by atoms with Crippen LogP contribution in [0.5, 0.6) is 0 Å². The van der Waals surface area contributed by atoms with Gasteiger partial charge in [-0.05, 0) is 24.8 Å². The minimum Gasteiger partial charge on any atom is -0.381 e. The van der Waals surface area contributed by atoms with E-state index in [0.29, 0.717) is 13.0 Å². The summed E-state index contributed by atoms with van der Waals surface area (Å²) in [5.74, 6) is -1.01. The van der Waals surface area contributed by atoms with E-state index in [4.69, 9.17) is 11.5 Å². The number of carbonyl (C=O) groups excluding carboxylic acids is 2. The Morgan fingerprint density at radius 2 is 1.89 bits per heavy atom. The van der Waals surface area contributed by atoms with Crippen LogP contribution in [0.25, 0.3) is 0 Å². The summed E-state index contributed by atoms with van der Waals surface area (Å²) in [6, 6.07) is 0. The Kier molecular flexibility index (Phi) is 5.55. The highest BCUT2D eigenvalue weighted by atomic mass is 16.3. The largest absolute Gasteiger partial charge is 0.381 e. The average Bonchev–Trinajstić information content (AvgIpc) is 2.36. The number of aliphatic hydroxyl groups excluding tert-OH is 1. The molecule has 18 heavy (non-hydrogen) atoms. The quantitative estimate of drug-likeness (QED) is 0.500. The maximum absolute atomic E-state index is 11.8. The average molecular weight is 257 g/mol. The Labute approximate surface area is 107 Å². The summed E-state index contributed by atoms with van der Waals surface area (Å²) in [6.45, 7) is 0.369. The molecule has 1 fully saturated rings. The lowest BCUT2D eigenvalue weighted by atomic mass is 9.71. The van der Waals surface area contributed by atoms with Gasteiger partial charge in [-0.15, -0.1) is 0 Å². The topological polar surface area (TPSA) is 118 Å². The Bertz CT molecular complexity index is 301. The minimum atomic E-state index is -1.32. The lowest BCUT2D eigenvalue weighted by Gasteiger charge is -2.35. The number of nitrogens with two attached hydrogens (primary N) is 2. The number of aliphatic hydroxyl groups is 1. The van der Waals surface area contributed by atoms with E-state index in [0.717, 1.165) is 25.7 Å². The summed E-state index contributed by atoms with van der Waals surface area (Å²) < 4.78 is 0. The second kappa shape index (κ2) is 6.70. The Morgan fingerprint density at radius 1 is 1.28 bits per heavy atom. The molecule has 6 heteroatoms. The fourth-order valence-electron chi connectivity index (χ4n) is 2.47. The van der Waals surface area contributed by atoms with Gasteiger partial charge in [0.15, 0.2) is 0 Å². The molecule has 1 aliphatic rings. The summed E-state index contributed by atoms with van der Waals surface area (Å²) in [6.07, 6.45) is 4.38. The van der Waals surface area contributed by atoms with Crippen LogP contribution >= 0.6 is 0 Å². The maximum atomic E-state index is 11.8. The van der Waals surface area contributed by atoms with Crippen LogP contribution in [-0.4, -0.2) is 36.1 Å². The van der Waals surface area contributed by atoms with Gasteiger partial charge in [-0.25, -0.2) is 0 Å². The summed E-state index contributed by atoms with van der Waals surface area (Å²) >= 11 is 0. The van der Waals surface area contributed by atoms with Crippen molar-refractivity contribution in [3.63, 3.8) is 0 Å². The molecule has 6 N–H and O–H groups in total. The van der Waals surface area contributed by atoms with E-state index in [1.54, 1.807) is 0 Å². The van der Waals surface area contributed by atoms with E-state index < -0.39 is 12.0 Å². The number of hydrogen-bond acceptors (Lipinski definition) is 4. The molecule has 104 valence electrons. The smallest absolute Gasteiger partial charge is 0.248 e. The van der Waals surface area contributed by atoms with Crippen molar-refractivity contribution >= 4 is 11.8 Å². The molecule has 0 bridgehead atoms. The number of carbonyl (C=O) groups is 2. The molecule has 0 heterocycles. The SMILES string of the molecule is NCC1(CC(=O)NCC(O)C(N)=O)CCCCC1. The zero-order valence-electron chi connectivity index (χ0n) is 10.7. The summed E-state index contributed by atoms with van der Waals surface area (Å²) in [5, 5.41) is 11.7. The normalized spacial score (nSPS) is 20.1. The van der Waals surface area contributed by atoms with Crippen LogP contribution in [0, 0.1) is 5.41 Å². The van der Waals surface area contributed by atoms with E-state index in [9.17, 15) is 14.7 Å². The van der Waals surface area contributed by atoms with Gasteiger partial charge in [-0.3, -0.25) is 9.59 Å². The van der Waals surface area contributed by atoms with Gasteiger partial charge in [0, 0.05) is 6.42 Å². The van der Waals surface area contributed by atoms with Crippen LogP contribution in [0.15, 0.2) is 0 Å². The molecule has 1 atom stereocenters. The first-order chi connectivity index (χ1) is 8.49. The molecule has 1 rings (SSSR count). The second-order valence-corrected chi connectivity index (χ2v) is 5.16. The first-order valence-electron chi connectivity index (χ1n) is 6.43. The maximum Gasteiger partial charge on any atom is 0.248 e. The molecule has 0 aromatic heterocycles. The van der Waals surface area contributed by atoms with Crippen LogP contribution in [0.3, 0.4) is 0 Å². The summed E-state index contributed by atoms with van der Waals surface area (Å²) in [4.78, 5) is 22.4. The number of nitrogens with one attached hydrogen (secondary N) is 1. The molecule has 0 aromatic rings. The first-order valence-corrected chi connectivity index (χ1v) is 6.43. The molecule has 0 aliphatic heterocycles. The number of primary amides is 1. The summed E-state index contributed by atoms with van der Waals surface area (Å²) in [5.41, 5.74) is 10.6. The van der Waals surface area contributed by atoms with Gasteiger partial charge in [0.1, 0.15) is 6.10 Å². The molecular formula is C12H23N3O3. The molecule has 0 radical (unpaired) electrons. The van der Waals surface area contributed by atoms with E-state index in [-0.39, 0.29) is 17.9 Å². The predicted molar refractivity (Wildman–Crippen MR) is 67.4 cm³/mol. The van der Waals surface area contributed by atoms with E-state index in [2.05, 4.69) is 5.32 Å². The van der Waals surface area contributed by atoms with E-state index in [1.807, 2.05) is 0 Å². The third-order valence-electron chi connectivity index (χ3n) is 3.70. The van der Waals surface area contributed by atoms with Gasteiger partial charge in [0.05, 0.1) is 6.54 Å². The Morgan fingerprint density at radius 3 is 2.39 bits per heavy atom. The second-order valence-electron chi connectivity index (χ2n) is 5.16. The van der Waals surface area contributed by atoms with Gasteiger partial charge < -0.3 is 21.9 Å². The van der Waals surface area contributed by atoms with Crippen molar-refractivity contribution in [3.05, 3.63) is 0 Å². The van der Waals surface area contributed by atoms with Crippen molar-refractivity contribution in [2.45, 2.75) is 44.6 Å². The third kappa shape index (κ3) is 4.27. The molecule has 1 saturated carbocycles. The van der Waals surface area contributed by atoms with Crippen LogP contribution < -0.4 is 16.8 Å². The minimum absolute atomic E-state index is 0.111. The first kappa shape index (κ1) is 14.9. The molecular weight excluding hydrogens is 234 g/mol. The lowest BCUT2D eigenvalue weighted by Crippen LogP contribution is -2.43.